The maximum Gasteiger partial charge on any atom is 0.259 e. The fourth-order valence-corrected chi connectivity index (χ4v) is 4.23. The SMILES string of the molecule is CCOc1ccc2ccccc2c1C(=O)NCC(=O)NN=Cc1csc2ccccc12. The minimum Gasteiger partial charge on any atom is -0.493 e. The van der Waals surface area contributed by atoms with Crippen molar-refractivity contribution in [1.82, 2.24) is 10.7 Å². The molecule has 0 atom stereocenters. The maximum absolute atomic E-state index is 12.9. The zero-order chi connectivity index (χ0) is 21.6. The van der Waals surface area contributed by atoms with Crippen LogP contribution in [-0.2, 0) is 4.79 Å². The molecule has 0 spiro atoms. The fourth-order valence-electron chi connectivity index (χ4n) is 3.32. The van der Waals surface area contributed by atoms with E-state index in [2.05, 4.69) is 15.8 Å². The van der Waals surface area contributed by atoms with Gasteiger partial charge in [0.25, 0.3) is 11.8 Å². The van der Waals surface area contributed by atoms with Gasteiger partial charge in [-0.15, -0.1) is 11.3 Å². The van der Waals surface area contributed by atoms with E-state index >= 15 is 0 Å². The summed E-state index contributed by atoms with van der Waals surface area (Å²) in [6, 6.07) is 19.2. The second-order valence-electron chi connectivity index (χ2n) is 6.76. The average Bonchev–Trinajstić information content (AvgIpc) is 3.20. The van der Waals surface area contributed by atoms with Crippen LogP contribution in [0.15, 0.2) is 71.1 Å². The molecule has 0 bridgehead atoms. The molecule has 2 amide bonds. The third kappa shape index (κ3) is 4.57. The molecule has 2 N–H and O–H groups in total. The Labute approximate surface area is 183 Å². The number of nitrogens with one attached hydrogen (secondary N) is 2. The Morgan fingerprint density at radius 1 is 1.03 bits per heavy atom. The molecule has 4 aromatic rings. The molecular weight excluding hydrogens is 410 g/mol. The van der Waals surface area contributed by atoms with Crippen LogP contribution in [0.4, 0.5) is 0 Å². The number of hydrogen-bond donors (Lipinski definition) is 2. The zero-order valence-electron chi connectivity index (χ0n) is 16.9. The van der Waals surface area contributed by atoms with Gasteiger partial charge in [-0.05, 0) is 29.8 Å². The summed E-state index contributed by atoms with van der Waals surface area (Å²) >= 11 is 1.62. The predicted octanol–water partition coefficient (Wildman–Crippen LogP) is 4.33. The van der Waals surface area contributed by atoms with Crippen molar-refractivity contribution in [2.75, 3.05) is 13.2 Å². The third-order valence-electron chi connectivity index (χ3n) is 4.73. The highest BCUT2D eigenvalue weighted by Gasteiger charge is 2.17. The highest BCUT2D eigenvalue weighted by Crippen LogP contribution is 2.28. The van der Waals surface area contributed by atoms with E-state index in [1.807, 2.05) is 66.9 Å². The van der Waals surface area contributed by atoms with E-state index in [1.165, 1.54) is 0 Å². The smallest absolute Gasteiger partial charge is 0.259 e. The fraction of sp³-hybridized carbons (Fsp3) is 0.125. The molecule has 4 rings (SSSR count). The van der Waals surface area contributed by atoms with Crippen molar-refractivity contribution in [3.63, 3.8) is 0 Å². The van der Waals surface area contributed by atoms with Gasteiger partial charge < -0.3 is 10.1 Å². The summed E-state index contributed by atoms with van der Waals surface area (Å²) in [5.41, 5.74) is 3.81. The van der Waals surface area contributed by atoms with Crippen LogP contribution < -0.4 is 15.5 Å². The van der Waals surface area contributed by atoms with E-state index in [0.717, 1.165) is 26.4 Å². The van der Waals surface area contributed by atoms with Gasteiger partial charge in [0.2, 0.25) is 0 Å². The molecule has 0 saturated heterocycles. The Kier molecular flexibility index (Phi) is 6.24. The van der Waals surface area contributed by atoms with Crippen LogP contribution in [0, 0.1) is 0 Å². The highest BCUT2D eigenvalue weighted by molar-refractivity contribution is 7.17. The van der Waals surface area contributed by atoms with Gasteiger partial charge in [0.15, 0.2) is 0 Å². The van der Waals surface area contributed by atoms with Gasteiger partial charge in [0, 0.05) is 21.0 Å². The van der Waals surface area contributed by atoms with Crippen LogP contribution in [0.2, 0.25) is 0 Å². The van der Waals surface area contributed by atoms with Crippen LogP contribution in [0.3, 0.4) is 0 Å². The molecule has 6 nitrogen and oxygen atoms in total. The summed E-state index contributed by atoms with van der Waals surface area (Å²) in [6.45, 7) is 2.10. The number of thiophene rings is 1. The van der Waals surface area contributed by atoms with Crippen LogP contribution in [-0.4, -0.2) is 31.2 Å². The quantitative estimate of drug-likeness (QED) is 0.338. The molecule has 1 heterocycles. The van der Waals surface area contributed by atoms with Crippen LogP contribution in [0.25, 0.3) is 20.9 Å². The lowest BCUT2D eigenvalue weighted by atomic mass is 10.0. The first kappa shape index (κ1) is 20.6. The number of benzene rings is 3. The Hall–Kier alpha value is -3.71. The second kappa shape index (κ2) is 9.40. The first-order chi connectivity index (χ1) is 15.2. The molecule has 31 heavy (non-hydrogen) atoms. The van der Waals surface area contributed by atoms with E-state index in [9.17, 15) is 9.59 Å². The standard InChI is InChI=1S/C24H21N3O3S/c1-2-30-20-12-11-16-7-3-4-9-19(16)23(20)24(29)25-14-22(28)27-26-13-17-15-31-21-10-6-5-8-18(17)21/h3-13,15H,2,14H2,1H3,(H,25,29)(H,27,28). The number of carbonyl (C=O) groups is 2. The third-order valence-corrected chi connectivity index (χ3v) is 5.71. The molecule has 156 valence electrons. The highest BCUT2D eigenvalue weighted by atomic mass is 32.1. The maximum atomic E-state index is 12.9. The van der Waals surface area contributed by atoms with Crippen molar-refractivity contribution in [3.8, 4) is 5.75 Å². The lowest BCUT2D eigenvalue weighted by Crippen LogP contribution is -2.35. The average molecular weight is 432 g/mol. The topological polar surface area (TPSA) is 79.8 Å². The molecule has 0 unspecified atom stereocenters. The number of nitrogens with zero attached hydrogens (tertiary/aromatic N) is 1. The van der Waals surface area contributed by atoms with E-state index < -0.39 is 5.91 Å². The Bertz CT molecular complexity index is 1280. The van der Waals surface area contributed by atoms with Gasteiger partial charge in [0.1, 0.15) is 5.75 Å². The summed E-state index contributed by atoms with van der Waals surface area (Å²) in [4.78, 5) is 25.0. The van der Waals surface area contributed by atoms with Gasteiger partial charge in [-0.3, -0.25) is 9.59 Å². The molecular formula is C24H21N3O3S. The monoisotopic (exact) mass is 431 g/mol. The Morgan fingerprint density at radius 3 is 2.65 bits per heavy atom. The first-order valence-electron chi connectivity index (χ1n) is 9.88. The minimum absolute atomic E-state index is 0.199. The zero-order valence-corrected chi connectivity index (χ0v) is 17.7. The summed E-state index contributed by atoms with van der Waals surface area (Å²) < 4.78 is 6.79. The second-order valence-corrected chi connectivity index (χ2v) is 7.67. The van der Waals surface area contributed by atoms with Crippen molar-refractivity contribution in [2.45, 2.75) is 6.92 Å². The molecule has 0 aliphatic rings. The van der Waals surface area contributed by atoms with Crippen LogP contribution >= 0.6 is 11.3 Å². The van der Waals surface area contributed by atoms with Crippen molar-refractivity contribution >= 4 is 50.2 Å². The lowest BCUT2D eigenvalue weighted by molar-refractivity contribution is -0.120. The predicted molar refractivity (Wildman–Crippen MR) is 125 cm³/mol. The molecule has 0 aliphatic heterocycles. The number of rotatable bonds is 7. The molecule has 1 aromatic heterocycles. The number of amides is 2. The molecule has 0 saturated carbocycles. The molecule has 3 aromatic carbocycles. The van der Waals surface area contributed by atoms with Crippen LogP contribution in [0.5, 0.6) is 5.75 Å². The first-order valence-corrected chi connectivity index (χ1v) is 10.8. The number of carbonyl (C=O) groups excluding carboxylic acids is 2. The number of hydrazone groups is 1. The number of fused-ring (bicyclic) bond motifs is 2. The van der Waals surface area contributed by atoms with Crippen LogP contribution in [0.1, 0.15) is 22.8 Å². The van der Waals surface area contributed by atoms with Crippen molar-refractivity contribution in [2.24, 2.45) is 5.10 Å². The van der Waals surface area contributed by atoms with Gasteiger partial charge in [-0.2, -0.15) is 5.10 Å². The van der Waals surface area contributed by atoms with Gasteiger partial charge in [0.05, 0.1) is 24.9 Å². The van der Waals surface area contributed by atoms with E-state index in [-0.39, 0.29) is 12.5 Å². The van der Waals surface area contributed by atoms with Gasteiger partial charge >= 0.3 is 0 Å². The molecule has 0 radical (unpaired) electrons. The van der Waals surface area contributed by atoms with Gasteiger partial charge in [-0.1, -0.05) is 48.5 Å². The van der Waals surface area contributed by atoms with Crippen molar-refractivity contribution in [3.05, 3.63) is 77.2 Å². The summed E-state index contributed by atoms with van der Waals surface area (Å²) in [5, 5.41) is 11.4. The lowest BCUT2D eigenvalue weighted by Gasteiger charge is -2.13. The Morgan fingerprint density at radius 2 is 1.81 bits per heavy atom. The number of hydrogen-bond acceptors (Lipinski definition) is 5. The van der Waals surface area contributed by atoms with Gasteiger partial charge in [-0.25, -0.2) is 5.43 Å². The largest absolute Gasteiger partial charge is 0.493 e. The number of ether oxygens (including phenoxy) is 1. The minimum atomic E-state index is -0.415. The summed E-state index contributed by atoms with van der Waals surface area (Å²) in [6.07, 6.45) is 1.61. The molecule has 7 heteroatoms. The van der Waals surface area contributed by atoms with E-state index in [0.29, 0.717) is 17.9 Å². The van der Waals surface area contributed by atoms with E-state index in [4.69, 9.17) is 4.74 Å². The molecule has 0 aliphatic carbocycles. The van der Waals surface area contributed by atoms with Crippen molar-refractivity contribution < 1.29 is 14.3 Å². The summed E-state index contributed by atoms with van der Waals surface area (Å²) in [7, 11) is 0. The normalized spacial score (nSPS) is 11.1. The van der Waals surface area contributed by atoms with E-state index in [1.54, 1.807) is 23.6 Å². The molecule has 0 fully saturated rings. The Balaban J connectivity index is 1.42. The van der Waals surface area contributed by atoms with Crippen molar-refractivity contribution in [1.29, 1.82) is 0 Å². The summed E-state index contributed by atoms with van der Waals surface area (Å²) in [5.74, 6) is -0.299.